The van der Waals surface area contributed by atoms with E-state index in [1.165, 1.54) is 5.56 Å². The molecule has 0 N–H and O–H groups in total. The molecule has 0 saturated heterocycles. The van der Waals surface area contributed by atoms with Gasteiger partial charge in [-0.3, -0.25) is 4.90 Å². The van der Waals surface area contributed by atoms with Crippen LogP contribution >= 0.6 is 0 Å². The second kappa shape index (κ2) is 4.91. The molecule has 3 rings (SSSR count). The zero-order chi connectivity index (χ0) is 15.0. The molecule has 5 heteroatoms. The van der Waals surface area contributed by atoms with Gasteiger partial charge in [0.25, 0.3) is 0 Å². The highest BCUT2D eigenvalue weighted by molar-refractivity contribution is 5.69. The van der Waals surface area contributed by atoms with E-state index in [1.54, 1.807) is 17.4 Å². The van der Waals surface area contributed by atoms with Gasteiger partial charge in [0, 0.05) is 31.2 Å². The lowest BCUT2D eigenvalue weighted by Crippen LogP contribution is -2.33. The van der Waals surface area contributed by atoms with Gasteiger partial charge in [-0.15, -0.1) is 0 Å². The van der Waals surface area contributed by atoms with Crippen molar-refractivity contribution in [2.24, 2.45) is 0 Å². The molecular formula is C16H19N3O2. The second-order valence-corrected chi connectivity index (χ2v) is 6.26. The van der Waals surface area contributed by atoms with E-state index in [0.29, 0.717) is 13.1 Å². The monoisotopic (exact) mass is 285 g/mol. The molecule has 1 amide bonds. The fourth-order valence-electron chi connectivity index (χ4n) is 2.41. The summed E-state index contributed by atoms with van der Waals surface area (Å²) in [6.45, 7) is 6.84. The highest BCUT2D eigenvalue weighted by Crippen LogP contribution is 2.26. The first kappa shape index (κ1) is 13.7. The van der Waals surface area contributed by atoms with E-state index in [4.69, 9.17) is 4.74 Å². The molecule has 1 aromatic carbocycles. The maximum atomic E-state index is 12.1. The minimum Gasteiger partial charge on any atom is -0.444 e. The van der Waals surface area contributed by atoms with Crippen molar-refractivity contribution in [3.63, 3.8) is 0 Å². The van der Waals surface area contributed by atoms with Crippen molar-refractivity contribution in [2.45, 2.75) is 39.5 Å². The van der Waals surface area contributed by atoms with Gasteiger partial charge in [0.05, 0.1) is 6.33 Å². The van der Waals surface area contributed by atoms with Gasteiger partial charge in [0.2, 0.25) is 0 Å². The first-order valence-electron chi connectivity index (χ1n) is 7.00. The van der Waals surface area contributed by atoms with Crippen molar-refractivity contribution in [3.05, 3.63) is 48.0 Å². The predicted molar refractivity (Wildman–Crippen MR) is 79.0 cm³/mol. The summed E-state index contributed by atoms with van der Waals surface area (Å²) >= 11 is 0. The molecule has 2 heterocycles. The number of imidazole rings is 1. The van der Waals surface area contributed by atoms with Gasteiger partial charge in [-0.1, -0.05) is 6.07 Å². The Morgan fingerprint density at radius 1 is 1.24 bits per heavy atom. The third-order valence-electron chi connectivity index (χ3n) is 3.37. The van der Waals surface area contributed by atoms with Crippen LogP contribution in [0.1, 0.15) is 31.9 Å². The molecule has 2 aromatic rings. The molecule has 0 fully saturated rings. The summed E-state index contributed by atoms with van der Waals surface area (Å²) in [6.07, 6.45) is 5.16. The van der Waals surface area contributed by atoms with Crippen molar-refractivity contribution in [1.29, 1.82) is 0 Å². The molecule has 0 unspecified atom stereocenters. The third kappa shape index (κ3) is 2.91. The van der Waals surface area contributed by atoms with Gasteiger partial charge in [-0.2, -0.15) is 0 Å². The second-order valence-electron chi connectivity index (χ2n) is 6.26. The smallest absolute Gasteiger partial charge is 0.410 e. The van der Waals surface area contributed by atoms with E-state index in [9.17, 15) is 4.79 Å². The van der Waals surface area contributed by atoms with Crippen molar-refractivity contribution >= 4 is 6.09 Å². The number of hydrogen-bond acceptors (Lipinski definition) is 3. The van der Waals surface area contributed by atoms with Crippen molar-refractivity contribution < 1.29 is 9.53 Å². The van der Waals surface area contributed by atoms with Crippen LogP contribution in [-0.2, 0) is 17.8 Å². The summed E-state index contributed by atoms with van der Waals surface area (Å²) in [7, 11) is 0. The summed E-state index contributed by atoms with van der Waals surface area (Å²) in [5.41, 5.74) is 2.92. The normalized spacial score (nSPS) is 14.1. The SMILES string of the molecule is CC(C)(C)OC(=O)N1Cc2ccc(-n3ccnc3)cc2C1. The Kier molecular flexibility index (Phi) is 3.20. The minimum atomic E-state index is -0.464. The predicted octanol–water partition coefficient (Wildman–Crippen LogP) is 3.12. The van der Waals surface area contributed by atoms with E-state index < -0.39 is 5.60 Å². The lowest BCUT2D eigenvalue weighted by molar-refractivity contribution is 0.0242. The van der Waals surface area contributed by atoms with Crippen LogP contribution in [0.25, 0.3) is 5.69 Å². The summed E-state index contributed by atoms with van der Waals surface area (Å²) in [5, 5.41) is 0. The van der Waals surface area contributed by atoms with Gasteiger partial charge in [-0.25, -0.2) is 9.78 Å². The number of rotatable bonds is 1. The number of amides is 1. The number of carbonyl (C=O) groups excluding carboxylic acids is 1. The fraction of sp³-hybridized carbons (Fsp3) is 0.375. The zero-order valence-corrected chi connectivity index (χ0v) is 12.5. The molecule has 1 aliphatic heterocycles. The van der Waals surface area contributed by atoms with Gasteiger partial charge >= 0.3 is 6.09 Å². The van der Waals surface area contributed by atoms with Crippen molar-refractivity contribution in [1.82, 2.24) is 14.5 Å². The number of ether oxygens (including phenoxy) is 1. The van der Waals surface area contributed by atoms with E-state index in [0.717, 1.165) is 11.3 Å². The van der Waals surface area contributed by atoms with Crippen LogP contribution in [0.4, 0.5) is 4.79 Å². The highest BCUT2D eigenvalue weighted by atomic mass is 16.6. The summed E-state index contributed by atoms with van der Waals surface area (Å²) in [6, 6.07) is 6.20. The Morgan fingerprint density at radius 2 is 2.00 bits per heavy atom. The number of aromatic nitrogens is 2. The van der Waals surface area contributed by atoms with Crippen molar-refractivity contribution in [2.75, 3.05) is 0 Å². The molecule has 110 valence electrons. The minimum absolute atomic E-state index is 0.261. The first-order chi connectivity index (χ1) is 9.92. The Bertz CT molecular complexity index is 657. The van der Waals surface area contributed by atoms with E-state index in [-0.39, 0.29) is 6.09 Å². The topological polar surface area (TPSA) is 47.4 Å². The lowest BCUT2D eigenvalue weighted by atomic mass is 10.1. The Balaban J connectivity index is 1.77. The van der Waals surface area contributed by atoms with E-state index >= 15 is 0 Å². The number of hydrogen-bond donors (Lipinski definition) is 0. The van der Waals surface area contributed by atoms with Crippen LogP contribution in [0.2, 0.25) is 0 Å². The van der Waals surface area contributed by atoms with E-state index in [2.05, 4.69) is 17.1 Å². The average molecular weight is 285 g/mol. The number of fused-ring (bicyclic) bond motifs is 1. The largest absolute Gasteiger partial charge is 0.444 e. The summed E-state index contributed by atoms with van der Waals surface area (Å²) in [5.74, 6) is 0. The zero-order valence-electron chi connectivity index (χ0n) is 12.5. The molecule has 1 aromatic heterocycles. The third-order valence-corrected chi connectivity index (χ3v) is 3.37. The Labute approximate surface area is 124 Å². The molecular weight excluding hydrogens is 266 g/mol. The quantitative estimate of drug-likeness (QED) is 0.808. The molecule has 21 heavy (non-hydrogen) atoms. The Morgan fingerprint density at radius 3 is 2.67 bits per heavy atom. The van der Waals surface area contributed by atoms with Gasteiger partial charge in [0.15, 0.2) is 0 Å². The molecule has 5 nitrogen and oxygen atoms in total. The average Bonchev–Trinajstić information content (AvgIpc) is 3.05. The molecule has 0 saturated carbocycles. The van der Waals surface area contributed by atoms with Crippen molar-refractivity contribution in [3.8, 4) is 5.69 Å². The van der Waals surface area contributed by atoms with Crippen LogP contribution in [0.3, 0.4) is 0 Å². The molecule has 0 aliphatic carbocycles. The van der Waals surface area contributed by atoms with Gasteiger partial charge in [0.1, 0.15) is 5.60 Å². The fourth-order valence-corrected chi connectivity index (χ4v) is 2.41. The molecule has 1 aliphatic rings. The number of benzene rings is 1. The molecule has 0 atom stereocenters. The molecule has 0 bridgehead atoms. The Hall–Kier alpha value is -2.30. The number of carbonyl (C=O) groups is 1. The first-order valence-corrected chi connectivity index (χ1v) is 7.00. The van der Waals surface area contributed by atoms with Crippen LogP contribution in [0, 0.1) is 0 Å². The summed E-state index contributed by atoms with van der Waals surface area (Å²) < 4.78 is 7.38. The van der Waals surface area contributed by atoms with Crippen LogP contribution in [-0.4, -0.2) is 26.1 Å². The van der Waals surface area contributed by atoms with Gasteiger partial charge in [-0.05, 0) is 44.0 Å². The van der Waals surface area contributed by atoms with Crippen LogP contribution < -0.4 is 0 Å². The van der Waals surface area contributed by atoms with Crippen LogP contribution in [0.15, 0.2) is 36.9 Å². The van der Waals surface area contributed by atoms with E-state index in [1.807, 2.05) is 37.6 Å². The molecule has 0 spiro atoms. The maximum absolute atomic E-state index is 12.1. The standard InChI is InChI=1S/C16H19N3O2/c1-16(2,3)21-15(20)19-9-12-4-5-14(8-13(12)10-19)18-7-6-17-11-18/h4-8,11H,9-10H2,1-3H3. The summed E-state index contributed by atoms with van der Waals surface area (Å²) in [4.78, 5) is 17.9. The van der Waals surface area contributed by atoms with Gasteiger partial charge < -0.3 is 9.30 Å². The highest BCUT2D eigenvalue weighted by Gasteiger charge is 2.27. The maximum Gasteiger partial charge on any atom is 0.410 e. The number of nitrogens with zero attached hydrogens (tertiary/aromatic N) is 3. The molecule has 0 radical (unpaired) electrons. The lowest BCUT2D eigenvalue weighted by Gasteiger charge is -2.24. The van der Waals surface area contributed by atoms with Crippen LogP contribution in [0.5, 0.6) is 0 Å².